The molecule has 55 heavy (non-hydrogen) atoms. The second-order valence-electron chi connectivity index (χ2n) is 14.8. The standard InChI is InChI=1S/C48H38B2N4O/c1-31-14-11-15-32(2)46(31)49-39-19-6-7-20-40(39)50(47-33(3)16-12-17-34(47)4)48-41(49)28-35(53-27-13-26-52-53)29-44(48)55-36-23-24-38-37-18-5-8-21-42(37)54(43(38)30-36)45-22-9-10-25-51-45/h5-30H,1-4H3. The van der Waals surface area contributed by atoms with Gasteiger partial charge in [-0.1, -0.05) is 134 Å². The van der Waals surface area contributed by atoms with Crippen LogP contribution in [0.4, 0.5) is 0 Å². The van der Waals surface area contributed by atoms with Crippen LogP contribution in [0.15, 0.2) is 158 Å². The number of fused-ring (bicyclic) bond motifs is 5. The molecule has 0 fully saturated rings. The van der Waals surface area contributed by atoms with E-state index in [2.05, 4.69) is 154 Å². The Morgan fingerprint density at radius 1 is 0.509 bits per heavy atom. The number of pyridine rings is 1. The van der Waals surface area contributed by atoms with Gasteiger partial charge in [0.15, 0.2) is 0 Å². The minimum atomic E-state index is -0.0571. The third kappa shape index (κ3) is 5.33. The summed E-state index contributed by atoms with van der Waals surface area (Å²) in [6.45, 7) is 8.90. The first-order valence-corrected chi connectivity index (χ1v) is 19.0. The van der Waals surface area contributed by atoms with Crippen molar-refractivity contribution in [2.45, 2.75) is 27.7 Å². The zero-order chi connectivity index (χ0) is 37.2. The van der Waals surface area contributed by atoms with Crippen molar-refractivity contribution < 1.29 is 4.74 Å². The maximum atomic E-state index is 7.33. The summed E-state index contributed by atoms with van der Waals surface area (Å²) in [6, 6.07) is 49.9. The van der Waals surface area contributed by atoms with Crippen LogP contribution in [0, 0.1) is 27.7 Å². The molecule has 0 saturated heterocycles. The number of hydrogen-bond acceptors (Lipinski definition) is 3. The number of aromatic nitrogens is 4. The molecule has 1 aliphatic heterocycles. The predicted octanol–water partition coefficient (Wildman–Crippen LogP) is 6.74. The highest BCUT2D eigenvalue weighted by Crippen LogP contribution is 2.35. The number of ether oxygens (including phenoxy) is 1. The Balaban J connectivity index is 1.28. The van der Waals surface area contributed by atoms with Crippen LogP contribution >= 0.6 is 0 Å². The van der Waals surface area contributed by atoms with Crippen molar-refractivity contribution in [3.63, 3.8) is 0 Å². The van der Waals surface area contributed by atoms with Gasteiger partial charge in [0.05, 0.1) is 16.7 Å². The first kappa shape index (κ1) is 33.0. The summed E-state index contributed by atoms with van der Waals surface area (Å²) in [5.41, 5.74) is 15.9. The molecular weight excluding hydrogens is 670 g/mol. The van der Waals surface area contributed by atoms with E-state index in [4.69, 9.17) is 14.8 Å². The van der Waals surface area contributed by atoms with Crippen LogP contribution in [0.5, 0.6) is 11.5 Å². The number of nitrogens with zero attached hydrogens (tertiary/aromatic N) is 4. The van der Waals surface area contributed by atoms with Crippen molar-refractivity contribution in [2.24, 2.45) is 0 Å². The molecule has 0 saturated carbocycles. The highest BCUT2D eigenvalue weighted by atomic mass is 16.5. The molecule has 4 heterocycles. The SMILES string of the molecule is Cc1cccc(C)c1B1c2ccccc2B(c2c(C)cccc2C)c2c(Oc3ccc4c5ccccc5n(-c5ccccn5)c4c3)cc(-n3cccn3)cc21. The predicted molar refractivity (Wildman–Crippen MR) is 230 cm³/mol. The van der Waals surface area contributed by atoms with Crippen molar-refractivity contribution in [1.29, 1.82) is 0 Å². The lowest BCUT2D eigenvalue weighted by molar-refractivity contribution is 0.487. The van der Waals surface area contributed by atoms with Crippen molar-refractivity contribution in [1.82, 2.24) is 19.3 Å². The lowest BCUT2D eigenvalue weighted by Gasteiger charge is -2.35. The normalized spacial score (nSPS) is 12.3. The smallest absolute Gasteiger partial charge is 0.245 e. The number of hydrogen-bond donors (Lipinski definition) is 0. The summed E-state index contributed by atoms with van der Waals surface area (Å²) in [6.07, 6.45) is 5.69. The molecule has 1 aliphatic rings. The molecule has 0 bridgehead atoms. The molecule has 0 spiro atoms. The molecular formula is C48H38B2N4O. The molecule has 0 N–H and O–H groups in total. The number of rotatable bonds is 6. The van der Waals surface area contributed by atoms with Crippen LogP contribution in [0.25, 0.3) is 33.3 Å². The Morgan fingerprint density at radius 2 is 1.16 bits per heavy atom. The molecule has 5 nitrogen and oxygen atoms in total. The summed E-state index contributed by atoms with van der Waals surface area (Å²) in [5.74, 6) is 2.45. The second-order valence-corrected chi connectivity index (χ2v) is 14.8. The van der Waals surface area contributed by atoms with Crippen molar-refractivity contribution in [3.8, 4) is 23.0 Å². The van der Waals surface area contributed by atoms with E-state index >= 15 is 0 Å². The second kappa shape index (κ2) is 13.1. The van der Waals surface area contributed by atoms with E-state index in [0.717, 1.165) is 39.4 Å². The van der Waals surface area contributed by atoms with Gasteiger partial charge in [-0.05, 0) is 75.6 Å². The van der Waals surface area contributed by atoms with Gasteiger partial charge in [0, 0.05) is 41.5 Å². The van der Waals surface area contributed by atoms with Crippen molar-refractivity contribution >= 4 is 68.0 Å². The Labute approximate surface area is 322 Å². The van der Waals surface area contributed by atoms with Gasteiger partial charge < -0.3 is 4.74 Å². The van der Waals surface area contributed by atoms with E-state index in [-0.39, 0.29) is 13.4 Å². The topological polar surface area (TPSA) is 44.9 Å². The van der Waals surface area contributed by atoms with Crippen LogP contribution in [0.3, 0.4) is 0 Å². The van der Waals surface area contributed by atoms with Crippen LogP contribution in [-0.2, 0) is 0 Å². The van der Waals surface area contributed by atoms with Gasteiger partial charge in [-0.15, -0.1) is 0 Å². The van der Waals surface area contributed by atoms with E-state index in [0.29, 0.717) is 0 Å². The fourth-order valence-corrected chi connectivity index (χ4v) is 9.23. The highest BCUT2D eigenvalue weighted by molar-refractivity contribution is 7.12. The summed E-state index contributed by atoms with van der Waals surface area (Å²) < 4.78 is 11.5. The van der Waals surface area contributed by atoms with E-state index in [1.54, 1.807) is 0 Å². The van der Waals surface area contributed by atoms with Gasteiger partial charge in [0.1, 0.15) is 17.3 Å². The van der Waals surface area contributed by atoms with Gasteiger partial charge >= 0.3 is 0 Å². The molecule has 0 atom stereocenters. The van der Waals surface area contributed by atoms with E-state index in [1.807, 2.05) is 41.5 Å². The molecule has 9 aromatic rings. The third-order valence-corrected chi connectivity index (χ3v) is 11.6. The lowest BCUT2D eigenvalue weighted by atomic mass is 9.20. The quantitative estimate of drug-likeness (QED) is 0.180. The molecule has 0 amide bonds. The molecule has 0 aliphatic carbocycles. The van der Waals surface area contributed by atoms with Crippen LogP contribution in [0.2, 0.25) is 0 Å². The van der Waals surface area contributed by atoms with E-state index < -0.39 is 0 Å². The van der Waals surface area contributed by atoms with Crippen LogP contribution in [-0.4, -0.2) is 32.8 Å². The zero-order valence-electron chi connectivity index (χ0n) is 31.4. The summed E-state index contributed by atoms with van der Waals surface area (Å²) in [5, 5.41) is 7.06. The molecule has 6 aromatic carbocycles. The number of para-hydroxylation sites is 1. The highest BCUT2D eigenvalue weighted by Gasteiger charge is 2.42. The van der Waals surface area contributed by atoms with Crippen LogP contribution in [0.1, 0.15) is 22.3 Å². The summed E-state index contributed by atoms with van der Waals surface area (Å²) in [4.78, 5) is 4.78. The minimum absolute atomic E-state index is 0.0139. The monoisotopic (exact) mass is 708 g/mol. The number of aryl methyl sites for hydroxylation is 4. The van der Waals surface area contributed by atoms with Gasteiger partial charge in [-0.25, -0.2) is 9.67 Å². The third-order valence-electron chi connectivity index (χ3n) is 11.6. The first-order valence-electron chi connectivity index (χ1n) is 19.0. The number of benzene rings is 6. The molecule has 7 heteroatoms. The van der Waals surface area contributed by atoms with Crippen LogP contribution < -0.4 is 37.5 Å². The first-order chi connectivity index (χ1) is 27.0. The fourth-order valence-electron chi connectivity index (χ4n) is 9.23. The largest absolute Gasteiger partial charge is 0.458 e. The average molecular weight is 708 g/mol. The Kier molecular flexibility index (Phi) is 7.84. The molecule has 10 rings (SSSR count). The Bertz CT molecular complexity index is 2880. The van der Waals surface area contributed by atoms with Gasteiger partial charge in [-0.2, -0.15) is 5.10 Å². The maximum absolute atomic E-state index is 7.33. The average Bonchev–Trinajstić information content (AvgIpc) is 3.86. The van der Waals surface area contributed by atoms with Crippen molar-refractivity contribution in [3.05, 3.63) is 180 Å². The summed E-state index contributed by atoms with van der Waals surface area (Å²) in [7, 11) is 0. The van der Waals surface area contributed by atoms with E-state index in [9.17, 15) is 0 Å². The van der Waals surface area contributed by atoms with Crippen molar-refractivity contribution in [2.75, 3.05) is 0 Å². The Morgan fingerprint density at radius 3 is 1.85 bits per heavy atom. The molecule has 3 aromatic heterocycles. The van der Waals surface area contributed by atoms with Gasteiger partial charge in [-0.3, -0.25) is 4.57 Å². The maximum Gasteiger partial charge on any atom is 0.245 e. The molecule has 0 radical (unpaired) electrons. The molecule has 262 valence electrons. The zero-order valence-corrected chi connectivity index (χ0v) is 31.4. The van der Waals surface area contributed by atoms with Gasteiger partial charge in [0.2, 0.25) is 13.4 Å². The lowest BCUT2D eigenvalue weighted by Crippen LogP contribution is -2.76. The summed E-state index contributed by atoms with van der Waals surface area (Å²) >= 11 is 0. The fraction of sp³-hybridized carbons (Fsp3) is 0.0833. The Hall–Kier alpha value is -6.59. The minimum Gasteiger partial charge on any atom is -0.458 e. The van der Waals surface area contributed by atoms with Gasteiger partial charge in [0.25, 0.3) is 0 Å². The molecule has 0 unspecified atom stereocenters. The van der Waals surface area contributed by atoms with E-state index in [1.165, 1.54) is 60.4 Å².